The zero-order valence-corrected chi connectivity index (χ0v) is 8.48. The van der Waals surface area contributed by atoms with Gasteiger partial charge in [-0.15, -0.1) is 10.2 Å². The summed E-state index contributed by atoms with van der Waals surface area (Å²) >= 11 is 5.64. The highest BCUT2D eigenvalue weighted by molar-refractivity contribution is 6.29. The molecule has 0 aliphatic carbocycles. The molecule has 0 radical (unpaired) electrons. The number of aliphatic hydroxyl groups is 1. The van der Waals surface area contributed by atoms with E-state index in [4.69, 9.17) is 16.7 Å². The minimum absolute atomic E-state index is 0.248. The molecule has 5 heteroatoms. The Bertz CT molecular complexity index is 303. The SMILES string of the molecule is OC[C@@H]1CCN(c2ccc(Cl)nn2)C1. The number of nitrogens with zero attached hydrogens (tertiary/aromatic N) is 3. The van der Waals surface area contributed by atoms with Crippen molar-refractivity contribution in [3.05, 3.63) is 17.3 Å². The molecule has 0 unspecified atom stereocenters. The van der Waals surface area contributed by atoms with E-state index in [0.29, 0.717) is 11.1 Å². The Morgan fingerprint density at radius 1 is 1.50 bits per heavy atom. The summed E-state index contributed by atoms with van der Waals surface area (Å²) in [5.74, 6) is 1.21. The smallest absolute Gasteiger partial charge is 0.151 e. The van der Waals surface area contributed by atoms with Crippen LogP contribution < -0.4 is 4.90 Å². The van der Waals surface area contributed by atoms with Crippen molar-refractivity contribution in [3.63, 3.8) is 0 Å². The molecule has 14 heavy (non-hydrogen) atoms. The Labute approximate surface area is 87.5 Å². The van der Waals surface area contributed by atoms with Gasteiger partial charge < -0.3 is 10.0 Å². The Morgan fingerprint density at radius 3 is 2.93 bits per heavy atom. The van der Waals surface area contributed by atoms with Gasteiger partial charge in [-0.1, -0.05) is 11.6 Å². The number of hydrogen-bond acceptors (Lipinski definition) is 4. The van der Waals surface area contributed by atoms with Crippen LogP contribution >= 0.6 is 11.6 Å². The van der Waals surface area contributed by atoms with Crippen LogP contribution in [-0.2, 0) is 0 Å². The van der Waals surface area contributed by atoms with Crippen LogP contribution in [0.2, 0.25) is 5.15 Å². The van der Waals surface area contributed by atoms with E-state index in [9.17, 15) is 0 Å². The van der Waals surface area contributed by atoms with Gasteiger partial charge in [0.25, 0.3) is 0 Å². The first-order chi connectivity index (χ1) is 6.79. The van der Waals surface area contributed by atoms with Gasteiger partial charge in [-0.3, -0.25) is 0 Å². The van der Waals surface area contributed by atoms with E-state index < -0.39 is 0 Å². The molecule has 2 heterocycles. The van der Waals surface area contributed by atoms with Crippen LogP contribution in [0.1, 0.15) is 6.42 Å². The fraction of sp³-hybridized carbons (Fsp3) is 0.556. The molecule has 76 valence electrons. The largest absolute Gasteiger partial charge is 0.396 e. The molecule has 1 aliphatic rings. The van der Waals surface area contributed by atoms with Gasteiger partial charge in [-0.2, -0.15) is 0 Å². The van der Waals surface area contributed by atoms with Crippen LogP contribution in [0.3, 0.4) is 0 Å². The quantitative estimate of drug-likeness (QED) is 0.795. The van der Waals surface area contributed by atoms with E-state index in [1.54, 1.807) is 6.07 Å². The fourth-order valence-corrected chi connectivity index (χ4v) is 1.77. The molecule has 1 N–H and O–H groups in total. The van der Waals surface area contributed by atoms with E-state index in [1.807, 2.05) is 6.07 Å². The summed E-state index contributed by atoms with van der Waals surface area (Å²) in [5, 5.41) is 17.2. The average molecular weight is 214 g/mol. The lowest BCUT2D eigenvalue weighted by Crippen LogP contribution is -2.21. The van der Waals surface area contributed by atoms with Gasteiger partial charge in [0.1, 0.15) is 0 Å². The second-order valence-corrected chi connectivity index (χ2v) is 3.88. The van der Waals surface area contributed by atoms with Crippen molar-refractivity contribution in [2.75, 3.05) is 24.6 Å². The monoisotopic (exact) mass is 213 g/mol. The Balaban J connectivity index is 2.06. The fourth-order valence-electron chi connectivity index (χ4n) is 1.67. The number of rotatable bonds is 2. The van der Waals surface area contributed by atoms with Crippen molar-refractivity contribution >= 4 is 17.4 Å². The van der Waals surface area contributed by atoms with Crippen LogP contribution in [0, 0.1) is 5.92 Å². The molecule has 1 atom stereocenters. The number of anilines is 1. The summed E-state index contributed by atoms with van der Waals surface area (Å²) in [6, 6.07) is 3.59. The summed E-state index contributed by atoms with van der Waals surface area (Å²) in [4.78, 5) is 2.12. The maximum Gasteiger partial charge on any atom is 0.151 e. The molecule has 0 saturated carbocycles. The number of hydrogen-bond donors (Lipinski definition) is 1. The topological polar surface area (TPSA) is 49.2 Å². The molecular weight excluding hydrogens is 202 g/mol. The molecule has 0 amide bonds. The maximum atomic E-state index is 8.99. The van der Waals surface area contributed by atoms with Gasteiger partial charge in [-0.25, -0.2) is 0 Å². The van der Waals surface area contributed by atoms with Gasteiger partial charge in [0.2, 0.25) is 0 Å². The highest BCUT2D eigenvalue weighted by Crippen LogP contribution is 2.21. The van der Waals surface area contributed by atoms with Gasteiger partial charge >= 0.3 is 0 Å². The first-order valence-electron chi connectivity index (χ1n) is 4.64. The minimum atomic E-state index is 0.248. The van der Waals surface area contributed by atoms with Crippen molar-refractivity contribution in [2.24, 2.45) is 5.92 Å². The highest BCUT2D eigenvalue weighted by Gasteiger charge is 2.22. The molecule has 2 rings (SSSR count). The van der Waals surface area contributed by atoms with E-state index >= 15 is 0 Å². The van der Waals surface area contributed by atoms with Gasteiger partial charge in [0, 0.05) is 25.6 Å². The summed E-state index contributed by atoms with van der Waals surface area (Å²) in [6.45, 7) is 2.03. The molecule has 1 saturated heterocycles. The van der Waals surface area contributed by atoms with Crippen molar-refractivity contribution in [1.82, 2.24) is 10.2 Å². The molecular formula is C9H12ClN3O. The molecule has 1 aromatic rings. The average Bonchev–Trinajstić information content (AvgIpc) is 2.67. The van der Waals surface area contributed by atoms with Crippen LogP contribution in [0.4, 0.5) is 5.82 Å². The molecule has 1 aromatic heterocycles. The summed E-state index contributed by atoms with van der Waals surface area (Å²) in [6.07, 6.45) is 1.01. The van der Waals surface area contributed by atoms with Crippen molar-refractivity contribution in [2.45, 2.75) is 6.42 Å². The zero-order valence-electron chi connectivity index (χ0n) is 7.73. The molecule has 0 bridgehead atoms. The molecule has 4 nitrogen and oxygen atoms in total. The van der Waals surface area contributed by atoms with E-state index in [0.717, 1.165) is 25.3 Å². The van der Waals surface area contributed by atoms with Crippen molar-refractivity contribution in [3.8, 4) is 0 Å². The van der Waals surface area contributed by atoms with Crippen LogP contribution in [0.15, 0.2) is 12.1 Å². The first kappa shape index (κ1) is 9.68. The summed E-state index contributed by atoms with van der Waals surface area (Å²) < 4.78 is 0. The lowest BCUT2D eigenvalue weighted by atomic mass is 10.1. The van der Waals surface area contributed by atoms with Gasteiger partial charge in [0.05, 0.1) is 0 Å². The normalized spacial score (nSPS) is 21.6. The maximum absolute atomic E-state index is 8.99. The predicted octanol–water partition coefficient (Wildman–Crippen LogP) is 0.949. The lowest BCUT2D eigenvalue weighted by Gasteiger charge is -2.15. The van der Waals surface area contributed by atoms with Crippen LogP contribution in [0.5, 0.6) is 0 Å². The van der Waals surface area contributed by atoms with Gasteiger partial charge in [-0.05, 0) is 18.6 Å². The number of halogens is 1. The number of aliphatic hydroxyl groups excluding tert-OH is 1. The van der Waals surface area contributed by atoms with Crippen LogP contribution in [-0.4, -0.2) is 35.0 Å². The number of aromatic nitrogens is 2. The standard InChI is InChI=1S/C9H12ClN3O/c10-8-1-2-9(12-11-8)13-4-3-7(5-13)6-14/h1-2,7,14H,3-6H2/t7-/m1/s1. The lowest BCUT2D eigenvalue weighted by molar-refractivity contribution is 0.238. The Hall–Kier alpha value is -0.870. The van der Waals surface area contributed by atoms with E-state index in [-0.39, 0.29) is 6.61 Å². The molecule has 0 spiro atoms. The van der Waals surface area contributed by atoms with Crippen LogP contribution in [0.25, 0.3) is 0 Å². The Kier molecular flexibility index (Phi) is 2.84. The third-order valence-corrected chi connectivity index (χ3v) is 2.69. The summed E-state index contributed by atoms with van der Waals surface area (Å²) in [7, 11) is 0. The minimum Gasteiger partial charge on any atom is -0.396 e. The van der Waals surface area contributed by atoms with E-state index in [1.165, 1.54) is 0 Å². The molecule has 1 fully saturated rings. The van der Waals surface area contributed by atoms with Gasteiger partial charge in [0.15, 0.2) is 11.0 Å². The highest BCUT2D eigenvalue weighted by atomic mass is 35.5. The third-order valence-electron chi connectivity index (χ3n) is 2.49. The molecule has 1 aliphatic heterocycles. The first-order valence-corrected chi connectivity index (χ1v) is 5.02. The zero-order chi connectivity index (χ0) is 9.97. The molecule has 0 aromatic carbocycles. The third kappa shape index (κ3) is 1.96. The predicted molar refractivity (Wildman–Crippen MR) is 54.4 cm³/mol. The van der Waals surface area contributed by atoms with Crippen molar-refractivity contribution < 1.29 is 5.11 Å². The van der Waals surface area contributed by atoms with Crippen molar-refractivity contribution in [1.29, 1.82) is 0 Å². The van der Waals surface area contributed by atoms with E-state index in [2.05, 4.69) is 15.1 Å². The Morgan fingerprint density at radius 2 is 2.36 bits per heavy atom. The summed E-state index contributed by atoms with van der Waals surface area (Å²) in [5.41, 5.74) is 0. The second-order valence-electron chi connectivity index (χ2n) is 3.50. The second kappa shape index (κ2) is 4.11.